The molecule has 0 atom stereocenters. The Morgan fingerprint density at radius 1 is 1.35 bits per heavy atom. The second-order valence-corrected chi connectivity index (χ2v) is 4.37. The van der Waals surface area contributed by atoms with Crippen molar-refractivity contribution in [1.82, 2.24) is 10.2 Å². The summed E-state index contributed by atoms with van der Waals surface area (Å²) in [6.45, 7) is -0.104. The number of carboxylic acid groups (broad SMARTS) is 1. The second kappa shape index (κ2) is 6.76. The van der Waals surface area contributed by atoms with Crippen molar-refractivity contribution in [3.8, 4) is 0 Å². The molecule has 0 heterocycles. The fraction of sp³-hybridized carbons (Fsp3) is 0.250. The average molecular weight is 300 g/mol. The summed E-state index contributed by atoms with van der Waals surface area (Å²) in [4.78, 5) is 34.9. The lowest BCUT2D eigenvalue weighted by Gasteiger charge is -2.17. The summed E-state index contributed by atoms with van der Waals surface area (Å²) in [5.41, 5.74) is 0.289. The van der Waals surface area contributed by atoms with Gasteiger partial charge in [-0.3, -0.25) is 4.79 Å². The summed E-state index contributed by atoms with van der Waals surface area (Å²) in [5, 5.41) is 13.8. The number of nitrogens with zero attached hydrogens (tertiary/aromatic N) is 1. The van der Waals surface area contributed by atoms with Crippen molar-refractivity contribution < 1.29 is 19.5 Å². The summed E-state index contributed by atoms with van der Waals surface area (Å²) in [6.07, 6.45) is 0. The Bertz CT molecular complexity index is 548. The molecular weight excluding hydrogens is 286 g/mol. The standard InChI is InChI=1S/C12H14ClN3O4/c1-14-10(17)6-16(2)12(20)15-9-4-3-7(11(18)19)5-8(9)13/h3-5H,6H2,1-2H3,(H,14,17)(H,15,20)(H,18,19). The number of nitrogens with one attached hydrogen (secondary N) is 2. The molecule has 20 heavy (non-hydrogen) atoms. The van der Waals surface area contributed by atoms with E-state index in [2.05, 4.69) is 10.6 Å². The molecule has 0 aliphatic carbocycles. The fourth-order valence-electron chi connectivity index (χ4n) is 1.33. The summed E-state index contributed by atoms with van der Waals surface area (Å²) in [6, 6.07) is 3.41. The molecule has 0 fully saturated rings. The lowest BCUT2D eigenvalue weighted by Crippen LogP contribution is -2.39. The summed E-state index contributed by atoms with van der Waals surface area (Å²) in [5.74, 6) is -1.42. The number of carboxylic acids is 1. The molecule has 108 valence electrons. The van der Waals surface area contributed by atoms with Crippen molar-refractivity contribution in [2.45, 2.75) is 0 Å². The van der Waals surface area contributed by atoms with Crippen LogP contribution >= 0.6 is 11.6 Å². The molecule has 0 aliphatic heterocycles. The minimum atomic E-state index is -1.11. The molecule has 0 saturated heterocycles. The number of halogens is 1. The van der Waals surface area contributed by atoms with Crippen LogP contribution in [0.4, 0.5) is 10.5 Å². The zero-order valence-electron chi connectivity index (χ0n) is 10.9. The van der Waals surface area contributed by atoms with E-state index in [9.17, 15) is 14.4 Å². The zero-order valence-corrected chi connectivity index (χ0v) is 11.7. The first kappa shape index (κ1) is 15.8. The number of aromatic carboxylic acids is 1. The van der Waals surface area contributed by atoms with Crippen LogP contribution < -0.4 is 10.6 Å². The quantitative estimate of drug-likeness (QED) is 0.779. The number of hydrogen-bond donors (Lipinski definition) is 3. The number of likely N-dealkylation sites (N-methyl/N-ethyl adjacent to an activating group) is 2. The molecule has 0 aliphatic rings. The largest absolute Gasteiger partial charge is 0.478 e. The molecule has 3 N–H and O–H groups in total. The maximum atomic E-state index is 11.8. The molecule has 3 amide bonds. The molecule has 0 unspecified atom stereocenters. The van der Waals surface area contributed by atoms with E-state index in [0.29, 0.717) is 0 Å². The van der Waals surface area contributed by atoms with Crippen molar-refractivity contribution in [3.05, 3.63) is 28.8 Å². The first-order valence-electron chi connectivity index (χ1n) is 5.60. The Kier molecular flexibility index (Phi) is 5.33. The van der Waals surface area contributed by atoms with Gasteiger partial charge in [0.1, 0.15) is 6.54 Å². The third kappa shape index (κ3) is 4.13. The van der Waals surface area contributed by atoms with E-state index in [-0.39, 0.29) is 28.7 Å². The predicted octanol–water partition coefficient (Wildman–Crippen LogP) is 1.25. The van der Waals surface area contributed by atoms with E-state index in [4.69, 9.17) is 16.7 Å². The molecule has 7 nitrogen and oxygen atoms in total. The Balaban J connectivity index is 2.75. The Morgan fingerprint density at radius 2 is 2.00 bits per heavy atom. The van der Waals surface area contributed by atoms with E-state index in [1.807, 2.05) is 0 Å². The van der Waals surface area contributed by atoms with Crippen molar-refractivity contribution in [2.24, 2.45) is 0 Å². The van der Waals surface area contributed by atoms with Gasteiger partial charge in [-0.15, -0.1) is 0 Å². The monoisotopic (exact) mass is 299 g/mol. The maximum Gasteiger partial charge on any atom is 0.335 e. The van der Waals surface area contributed by atoms with Crippen molar-refractivity contribution in [3.63, 3.8) is 0 Å². The maximum absolute atomic E-state index is 11.8. The van der Waals surface area contributed by atoms with Crippen molar-refractivity contribution in [1.29, 1.82) is 0 Å². The molecular formula is C12H14ClN3O4. The lowest BCUT2D eigenvalue weighted by molar-refractivity contribution is -0.120. The van der Waals surface area contributed by atoms with Crippen LogP contribution in [-0.4, -0.2) is 48.6 Å². The highest BCUT2D eigenvalue weighted by molar-refractivity contribution is 6.34. The Labute approximate surface area is 120 Å². The minimum Gasteiger partial charge on any atom is -0.478 e. The second-order valence-electron chi connectivity index (χ2n) is 3.96. The summed E-state index contributed by atoms with van der Waals surface area (Å²) in [7, 11) is 2.92. The number of urea groups is 1. The van der Waals surface area contributed by atoms with Gasteiger partial charge >= 0.3 is 12.0 Å². The lowest BCUT2D eigenvalue weighted by atomic mass is 10.2. The van der Waals surface area contributed by atoms with Crippen LogP contribution in [0.25, 0.3) is 0 Å². The van der Waals surface area contributed by atoms with Gasteiger partial charge in [0.25, 0.3) is 0 Å². The first-order chi connectivity index (χ1) is 9.35. The fourth-order valence-corrected chi connectivity index (χ4v) is 1.55. The van der Waals surface area contributed by atoms with E-state index in [1.165, 1.54) is 37.2 Å². The number of carbonyl (C=O) groups excluding carboxylic acids is 2. The molecule has 0 saturated carbocycles. The van der Waals surface area contributed by atoms with Gasteiger partial charge in [0, 0.05) is 14.1 Å². The highest BCUT2D eigenvalue weighted by Crippen LogP contribution is 2.23. The molecule has 0 radical (unpaired) electrons. The van der Waals surface area contributed by atoms with Gasteiger partial charge in [-0.2, -0.15) is 0 Å². The number of carbonyl (C=O) groups is 3. The van der Waals surface area contributed by atoms with Gasteiger partial charge in [-0.05, 0) is 18.2 Å². The van der Waals surface area contributed by atoms with Gasteiger partial charge in [-0.25, -0.2) is 9.59 Å². The van der Waals surface area contributed by atoms with Gasteiger partial charge in [-0.1, -0.05) is 11.6 Å². The molecule has 1 aromatic carbocycles. The van der Waals surface area contributed by atoms with Gasteiger partial charge < -0.3 is 20.6 Å². The summed E-state index contributed by atoms with van der Waals surface area (Å²) >= 11 is 5.88. The van der Waals surface area contributed by atoms with Crippen molar-refractivity contribution >= 4 is 35.2 Å². The predicted molar refractivity (Wildman–Crippen MR) is 74.1 cm³/mol. The third-order valence-electron chi connectivity index (χ3n) is 2.46. The van der Waals surface area contributed by atoms with Crippen LogP contribution in [0.1, 0.15) is 10.4 Å². The third-order valence-corrected chi connectivity index (χ3v) is 2.78. The Hall–Kier alpha value is -2.28. The SMILES string of the molecule is CNC(=O)CN(C)C(=O)Nc1ccc(C(=O)O)cc1Cl. The highest BCUT2D eigenvalue weighted by Gasteiger charge is 2.14. The van der Waals surface area contributed by atoms with Gasteiger partial charge in [0.15, 0.2) is 0 Å². The molecule has 0 aromatic heterocycles. The first-order valence-corrected chi connectivity index (χ1v) is 5.98. The molecule has 0 spiro atoms. The molecule has 0 bridgehead atoms. The zero-order chi connectivity index (χ0) is 15.3. The van der Waals surface area contributed by atoms with Crippen LogP contribution in [0.3, 0.4) is 0 Å². The average Bonchev–Trinajstić information content (AvgIpc) is 2.40. The number of hydrogen-bond acceptors (Lipinski definition) is 3. The summed E-state index contributed by atoms with van der Waals surface area (Å²) < 4.78 is 0. The smallest absolute Gasteiger partial charge is 0.335 e. The Morgan fingerprint density at radius 3 is 2.50 bits per heavy atom. The molecule has 1 aromatic rings. The van der Waals surface area contributed by atoms with Gasteiger partial charge in [0.05, 0.1) is 16.3 Å². The molecule has 1 rings (SSSR count). The number of rotatable bonds is 4. The number of amides is 3. The van der Waals surface area contributed by atoms with Crippen LogP contribution in [0.15, 0.2) is 18.2 Å². The van der Waals surface area contributed by atoms with Crippen molar-refractivity contribution in [2.75, 3.05) is 26.0 Å². The normalized spacial score (nSPS) is 9.75. The van der Waals surface area contributed by atoms with Crippen LogP contribution in [0, 0.1) is 0 Å². The molecule has 8 heteroatoms. The van der Waals surface area contributed by atoms with Crippen LogP contribution in [0.2, 0.25) is 5.02 Å². The van der Waals surface area contributed by atoms with E-state index in [0.717, 1.165) is 0 Å². The van der Waals surface area contributed by atoms with Gasteiger partial charge in [0.2, 0.25) is 5.91 Å². The number of benzene rings is 1. The van der Waals surface area contributed by atoms with E-state index < -0.39 is 12.0 Å². The van der Waals surface area contributed by atoms with E-state index >= 15 is 0 Å². The topological polar surface area (TPSA) is 98.7 Å². The van der Waals surface area contributed by atoms with Crippen LogP contribution in [0.5, 0.6) is 0 Å². The number of anilines is 1. The minimum absolute atomic E-state index is 0.0201. The van der Waals surface area contributed by atoms with Crippen LogP contribution in [-0.2, 0) is 4.79 Å². The highest BCUT2D eigenvalue weighted by atomic mass is 35.5. The van der Waals surface area contributed by atoms with E-state index in [1.54, 1.807) is 0 Å².